The maximum absolute atomic E-state index is 5.62. The van der Waals surface area contributed by atoms with E-state index in [2.05, 4.69) is 37.3 Å². The molecule has 86 valence electrons. The summed E-state index contributed by atoms with van der Waals surface area (Å²) < 4.78 is 0.711. The Kier molecular flexibility index (Phi) is 3.77. The Balaban J connectivity index is 1.84. The number of rotatable bonds is 4. The molecule has 0 aromatic carbocycles. The molecule has 16 heavy (non-hydrogen) atoms. The Morgan fingerprint density at radius 2 is 2.31 bits per heavy atom. The van der Waals surface area contributed by atoms with E-state index in [0.717, 1.165) is 13.0 Å². The van der Waals surface area contributed by atoms with Gasteiger partial charge in [0.2, 0.25) is 5.95 Å². The summed E-state index contributed by atoms with van der Waals surface area (Å²) in [5.74, 6) is 1.06. The molecule has 0 aliphatic heterocycles. The van der Waals surface area contributed by atoms with E-state index in [-0.39, 0.29) is 0 Å². The van der Waals surface area contributed by atoms with Gasteiger partial charge in [-0.3, -0.25) is 0 Å². The third-order valence-electron chi connectivity index (χ3n) is 2.58. The summed E-state index contributed by atoms with van der Waals surface area (Å²) in [7, 11) is 0. The molecule has 2 rings (SSSR count). The van der Waals surface area contributed by atoms with E-state index >= 15 is 0 Å². The molecule has 0 atom stereocenters. The van der Waals surface area contributed by atoms with E-state index in [1.165, 1.54) is 24.8 Å². The zero-order valence-electron chi connectivity index (χ0n) is 9.04. The summed E-state index contributed by atoms with van der Waals surface area (Å²) in [5, 5.41) is 3.18. The highest BCUT2D eigenvalue weighted by molar-refractivity contribution is 9.10. The summed E-state index contributed by atoms with van der Waals surface area (Å²) in [6, 6.07) is 1.69. The molecule has 0 bridgehead atoms. The van der Waals surface area contributed by atoms with Gasteiger partial charge in [-0.2, -0.15) is 4.98 Å². The predicted molar refractivity (Wildman–Crippen MR) is 69.2 cm³/mol. The first-order chi connectivity index (χ1) is 7.74. The SMILES string of the molecule is Nc1cc(Br)nc(NCCC2=CCCC2)n1. The molecule has 4 nitrogen and oxygen atoms in total. The first-order valence-corrected chi connectivity index (χ1v) is 6.25. The second kappa shape index (κ2) is 5.30. The van der Waals surface area contributed by atoms with Crippen molar-refractivity contribution in [2.45, 2.75) is 25.7 Å². The van der Waals surface area contributed by atoms with Gasteiger partial charge in [-0.1, -0.05) is 11.6 Å². The summed E-state index contributed by atoms with van der Waals surface area (Å²) in [6.07, 6.45) is 7.17. The van der Waals surface area contributed by atoms with Crippen LogP contribution >= 0.6 is 15.9 Å². The predicted octanol–water partition coefficient (Wildman–Crippen LogP) is 2.73. The second-order valence-corrected chi connectivity index (χ2v) is 4.68. The van der Waals surface area contributed by atoms with E-state index < -0.39 is 0 Å². The minimum absolute atomic E-state index is 0.476. The minimum Gasteiger partial charge on any atom is -0.383 e. The second-order valence-electron chi connectivity index (χ2n) is 3.87. The third-order valence-corrected chi connectivity index (χ3v) is 2.99. The lowest BCUT2D eigenvalue weighted by Crippen LogP contribution is -2.07. The highest BCUT2D eigenvalue weighted by Gasteiger charge is 2.05. The molecule has 0 saturated carbocycles. The molecule has 0 radical (unpaired) electrons. The summed E-state index contributed by atoms with van der Waals surface area (Å²) in [5.41, 5.74) is 7.16. The van der Waals surface area contributed by atoms with Crippen LogP contribution in [-0.4, -0.2) is 16.5 Å². The number of nitrogens with one attached hydrogen (secondary N) is 1. The first kappa shape index (κ1) is 11.4. The molecule has 1 aliphatic carbocycles. The van der Waals surface area contributed by atoms with Crippen molar-refractivity contribution in [2.24, 2.45) is 0 Å². The Morgan fingerprint density at radius 1 is 1.44 bits per heavy atom. The van der Waals surface area contributed by atoms with Crippen LogP contribution in [0.1, 0.15) is 25.7 Å². The number of hydrogen-bond acceptors (Lipinski definition) is 4. The van der Waals surface area contributed by atoms with Crippen molar-refractivity contribution >= 4 is 27.7 Å². The molecule has 1 aliphatic rings. The van der Waals surface area contributed by atoms with Crippen LogP contribution in [0.25, 0.3) is 0 Å². The van der Waals surface area contributed by atoms with Crippen LogP contribution in [0, 0.1) is 0 Å². The van der Waals surface area contributed by atoms with Crippen LogP contribution in [0.2, 0.25) is 0 Å². The van der Waals surface area contributed by atoms with Crippen LogP contribution in [-0.2, 0) is 0 Å². The molecule has 0 amide bonds. The van der Waals surface area contributed by atoms with Gasteiger partial charge in [0.25, 0.3) is 0 Å². The van der Waals surface area contributed by atoms with Gasteiger partial charge in [0, 0.05) is 12.6 Å². The fourth-order valence-corrected chi connectivity index (χ4v) is 2.22. The van der Waals surface area contributed by atoms with Gasteiger partial charge in [0.1, 0.15) is 10.4 Å². The Labute approximate surface area is 103 Å². The average molecular weight is 283 g/mol. The largest absolute Gasteiger partial charge is 0.383 e. The molecule has 0 fully saturated rings. The van der Waals surface area contributed by atoms with Crippen molar-refractivity contribution in [1.29, 1.82) is 0 Å². The summed E-state index contributed by atoms with van der Waals surface area (Å²) >= 11 is 3.29. The maximum Gasteiger partial charge on any atom is 0.225 e. The fourth-order valence-electron chi connectivity index (χ4n) is 1.81. The summed E-state index contributed by atoms with van der Waals surface area (Å²) in [4.78, 5) is 8.30. The van der Waals surface area contributed by atoms with Gasteiger partial charge in [-0.15, -0.1) is 0 Å². The van der Waals surface area contributed by atoms with E-state index in [1.54, 1.807) is 6.07 Å². The quantitative estimate of drug-likeness (QED) is 0.658. The molecule has 3 N–H and O–H groups in total. The number of anilines is 2. The highest BCUT2D eigenvalue weighted by Crippen LogP contribution is 2.20. The molecule has 5 heteroatoms. The molecule has 0 unspecified atom stereocenters. The van der Waals surface area contributed by atoms with Crippen LogP contribution in [0.4, 0.5) is 11.8 Å². The third kappa shape index (κ3) is 3.20. The van der Waals surface area contributed by atoms with E-state index in [0.29, 0.717) is 16.4 Å². The number of aromatic nitrogens is 2. The van der Waals surface area contributed by atoms with Crippen molar-refractivity contribution in [2.75, 3.05) is 17.6 Å². The van der Waals surface area contributed by atoms with E-state index in [1.807, 2.05) is 0 Å². The molecule has 1 aromatic rings. The van der Waals surface area contributed by atoms with Gasteiger partial charge in [-0.05, 0) is 41.6 Å². The number of nitrogens with two attached hydrogens (primary N) is 1. The number of hydrogen-bond donors (Lipinski definition) is 2. The van der Waals surface area contributed by atoms with Crippen molar-refractivity contribution < 1.29 is 0 Å². The lowest BCUT2D eigenvalue weighted by molar-refractivity contribution is 0.859. The Bertz CT molecular complexity index is 383. The molecule has 1 heterocycles. The van der Waals surface area contributed by atoms with Crippen molar-refractivity contribution in [3.8, 4) is 0 Å². The standard InChI is InChI=1S/C11H15BrN4/c12-9-7-10(13)16-11(15-9)14-6-5-8-3-1-2-4-8/h3,7H,1-2,4-6H2,(H3,13,14,15,16). The molecular weight excluding hydrogens is 268 g/mol. The van der Waals surface area contributed by atoms with Crippen LogP contribution < -0.4 is 11.1 Å². The molecule has 1 aromatic heterocycles. The molecular formula is C11H15BrN4. The van der Waals surface area contributed by atoms with Crippen LogP contribution in [0.3, 0.4) is 0 Å². The zero-order chi connectivity index (χ0) is 11.4. The van der Waals surface area contributed by atoms with E-state index in [4.69, 9.17) is 5.73 Å². The van der Waals surface area contributed by atoms with Gasteiger partial charge in [0.05, 0.1) is 0 Å². The van der Waals surface area contributed by atoms with E-state index in [9.17, 15) is 0 Å². The van der Waals surface area contributed by atoms with Crippen LogP contribution in [0.15, 0.2) is 22.3 Å². The monoisotopic (exact) mass is 282 g/mol. The first-order valence-electron chi connectivity index (χ1n) is 5.46. The minimum atomic E-state index is 0.476. The van der Waals surface area contributed by atoms with Crippen LogP contribution in [0.5, 0.6) is 0 Å². The smallest absolute Gasteiger partial charge is 0.225 e. The normalized spacial score (nSPS) is 14.9. The summed E-state index contributed by atoms with van der Waals surface area (Å²) in [6.45, 7) is 0.863. The number of halogens is 1. The Morgan fingerprint density at radius 3 is 3.00 bits per heavy atom. The zero-order valence-corrected chi connectivity index (χ0v) is 10.6. The van der Waals surface area contributed by atoms with Gasteiger partial charge >= 0.3 is 0 Å². The lowest BCUT2D eigenvalue weighted by atomic mass is 10.2. The number of nitrogens with zero attached hydrogens (tertiary/aromatic N) is 2. The van der Waals surface area contributed by atoms with Gasteiger partial charge in [0.15, 0.2) is 0 Å². The average Bonchev–Trinajstić information content (AvgIpc) is 2.69. The number of allylic oxidation sites excluding steroid dienone is 1. The number of nitrogen functional groups attached to an aromatic ring is 1. The van der Waals surface area contributed by atoms with Gasteiger partial charge in [-0.25, -0.2) is 4.98 Å². The van der Waals surface area contributed by atoms with Crippen molar-refractivity contribution in [3.63, 3.8) is 0 Å². The fraction of sp³-hybridized carbons (Fsp3) is 0.455. The molecule has 0 spiro atoms. The molecule has 0 saturated heterocycles. The highest BCUT2D eigenvalue weighted by atomic mass is 79.9. The van der Waals surface area contributed by atoms with Crippen molar-refractivity contribution in [1.82, 2.24) is 9.97 Å². The van der Waals surface area contributed by atoms with Gasteiger partial charge < -0.3 is 11.1 Å². The lowest BCUT2D eigenvalue weighted by Gasteiger charge is -2.06. The Hall–Kier alpha value is -1.10. The maximum atomic E-state index is 5.62. The topological polar surface area (TPSA) is 63.8 Å². The van der Waals surface area contributed by atoms with Crippen molar-refractivity contribution in [3.05, 3.63) is 22.3 Å².